The number of carbonyl (C=O) groups is 1. The average molecular weight is 384 g/mol. The summed E-state index contributed by atoms with van der Waals surface area (Å²) in [5.41, 5.74) is -0.246. The van der Waals surface area contributed by atoms with Gasteiger partial charge in [-0.3, -0.25) is 14.4 Å². The first-order valence-electron chi connectivity index (χ1n) is 8.80. The summed E-state index contributed by atoms with van der Waals surface area (Å²) in [4.78, 5) is 16.1. The Hall–Kier alpha value is -1.49. The Balaban J connectivity index is 1.35. The van der Waals surface area contributed by atoms with Crippen LogP contribution in [0.2, 0.25) is 0 Å². The van der Waals surface area contributed by atoms with Crippen molar-refractivity contribution in [2.75, 3.05) is 58.3 Å². The lowest BCUT2D eigenvalue weighted by atomic mass is 9.95. The number of morpholine rings is 1. The molecule has 3 aliphatic heterocycles. The lowest BCUT2D eigenvalue weighted by Gasteiger charge is -2.52. The van der Waals surface area contributed by atoms with Gasteiger partial charge >= 0.3 is 0 Å². The first-order valence-corrected chi connectivity index (χ1v) is 10.5. The normalized spacial score (nSPS) is 28.0. The number of nitrogens with zero attached hydrogens (tertiary/aromatic N) is 4. The van der Waals surface area contributed by atoms with Gasteiger partial charge in [0.1, 0.15) is 5.60 Å². The molecular weight excluding hydrogens is 360 g/mol. The monoisotopic (exact) mass is 384 g/mol. The lowest BCUT2D eigenvalue weighted by molar-refractivity contribution is -0.121. The molecule has 0 unspecified atom stereocenters. The van der Waals surface area contributed by atoms with Crippen LogP contribution in [0.5, 0.6) is 0 Å². The number of aromatic nitrogens is 2. The van der Waals surface area contributed by atoms with Gasteiger partial charge in [-0.15, -0.1) is 0 Å². The molecule has 0 aromatic carbocycles. The molecule has 10 heteroatoms. The Morgan fingerprint density at radius 1 is 1.35 bits per heavy atom. The smallest absolute Gasteiger partial charge is 0.257 e. The minimum absolute atomic E-state index is 0.0220. The van der Waals surface area contributed by atoms with E-state index in [-0.39, 0.29) is 18.3 Å². The number of sulfone groups is 1. The van der Waals surface area contributed by atoms with Gasteiger partial charge in [0.2, 0.25) is 0 Å². The van der Waals surface area contributed by atoms with Crippen LogP contribution >= 0.6 is 0 Å². The average Bonchev–Trinajstić information content (AvgIpc) is 3.01. The van der Waals surface area contributed by atoms with Gasteiger partial charge in [-0.05, 0) is 0 Å². The van der Waals surface area contributed by atoms with E-state index in [1.165, 1.54) is 6.20 Å². The maximum Gasteiger partial charge on any atom is 0.257 e. The second-order valence-electron chi connectivity index (χ2n) is 7.40. The van der Waals surface area contributed by atoms with Gasteiger partial charge in [-0.1, -0.05) is 0 Å². The molecule has 1 aromatic rings. The zero-order valence-electron chi connectivity index (χ0n) is 14.8. The Morgan fingerprint density at radius 3 is 2.69 bits per heavy atom. The standard InChI is InChI=1S/C16H24N4O5S/c1-18-7-13(6-17-18)15(21)20-10-16(11-20)12-26(22,23)14(9-25-16)8-19-2-4-24-5-3-19/h6-7,14H,2-5,8-12H2,1H3/t14-/m0/s1. The van der Waals surface area contributed by atoms with E-state index in [1.54, 1.807) is 22.8 Å². The van der Waals surface area contributed by atoms with Crippen molar-refractivity contribution in [2.24, 2.45) is 7.05 Å². The summed E-state index contributed by atoms with van der Waals surface area (Å²) in [6.07, 6.45) is 3.17. The van der Waals surface area contributed by atoms with Crippen LogP contribution in [-0.4, -0.2) is 103 Å². The van der Waals surface area contributed by atoms with E-state index in [9.17, 15) is 13.2 Å². The summed E-state index contributed by atoms with van der Waals surface area (Å²) in [5.74, 6) is -0.161. The van der Waals surface area contributed by atoms with Crippen molar-refractivity contribution in [3.8, 4) is 0 Å². The molecule has 0 N–H and O–H groups in total. The maximum atomic E-state index is 12.8. The third-order valence-electron chi connectivity index (χ3n) is 5.31. The summed E-state index contributed by atoms with van der Waals surface area (Å²) in [6, 6.07) is 0. The summed E-state index contributed by atoms with van der Waals surface area (Å²) in [7, 11) is -1.51. The van der Waals surface area contributed by atoms with Crippen molar-refractivity contribution in [1.82, 2.24) is 19.6 Å². The maximum absolute atomic E-state index is 12.8. The van der Waals surface area contributed by atoms with Crippen LogP contribution in [0.15, 0.2) is 12.4 Å². The highest BCUT2D eigenvalue weighted by Gasteiger charge is 2.54. The Kier molecular flexibility index (Phi) is 4.54. The molecule has 1 amide bonds. The second kappa shape index (κ2) is 6.59. The van der Waals surface area contributed by atoms with Gasteiger partial charge in [0, 0.05) is 32.9 Å². The molecule has 3 saturated heterocycles. The van der Waals surface area contributed by atoms with Crippen LogP contribution in [0.1, 0.15) is 10.4 Å². The lowest BCUT2D eigenvalue weighted by Crippen LogP contribution is -2.71. The van der Waals surface area contributed by atoms with Crippen molar-refractivity contribution in [3.63, 3.8) is 0 Å². The van der Waals surface area contributed by atoms with E-state index in [4.69, 9.17) is 9.47 Å². The molecule has 1 aromatic heterocycles. The molecule has 1 spiro atoms. The molecule has 26 heavy (non-hydrogen) atoms. The van der Waals surface area contributed by atoms with Gasteiger partial charge in [-0.25, -0.2) is 8.42 Å². The number of amides is 1. The van der Waals surface area contributed by atoms with Gasteiger partial charge in [0.05, 0.1) is 55.7 Å². The van der Waals surface area contributed by atoms with E-state index in [2.05, 4.69) is 10.00 Å². The van der Waals surface area contributed by atoms with Crippen LogP contribution < -0.4 is 0 Å². The molecule has 0 bridgehead atoms. The number of likely N-dealkylation sites (tertiary alicyclic amines) is 1. The summed E-state index contributed by atoms with van der Waals surface area (Å²) >= 11 is 0. The Labute approximate surface area is 152 Å². The van der Waals surface area contributed by atoms with Crippen LogP contribution in [-0.2, 0) is 26.4 Å². The molecule has 3 fully saturated rings. The van der Waals surface area contributed by atoms with Gasteiger partial charge < -0.3 is 14.4 Å². The van der Waals surface area contributed by atoms with E-state index in [1.807, 2.05) is 0 Å². The molecule has 0 radical (unpaired) electrons. The molecular formula is C16H24N4O5S. The largest absolute Gasteiger partial charge is 0.379 e. The molecule has 0 aliphatic carbocycles. The fourth-order valence-corrected chi connectivity index (χ4v) is 5.78. The topological polar surface area (TPSA) is 94.0 Å². The number of hydrogen-bond acceptors (Lipinski definition) is 7. The fourth-order valence-electron chi connectivity index (χ4n) is 3.83. The molecule has 144 valence electrons. The van der Waals surface area contributed by atoms with Gasteiger partial charge in [-0.2, -0.15) is 5.10 Å². The first kappa shape index (κ1) is 17.9. The molecule has 9 nitrogen and oxygen atoms in total. The summed E-state index contributed by atoms with van der Waals surface area (Å²) < 4.78 is 38.4. The van der Waals surface area contributed by atoms with Gasteiger partial charge in [0.25, 0.3) is 5.91 Å². The van der Waals surface area contributed by atoms with E-state index >= 15 is 0 Å². The van der Waals surface area contributed by atoms with E-state index < -0.39 is 20.7 Å². The summed E-state index contributed by atoms with van der Waals surface area (Å²) in [5, 5.41) is 3.49. The van der Waals surface area contributed by atoms with E-state index in [0.717, 1.165) is 13.1 Å². The Bertz CT molecular complexity index is 780. The highest BCUT2D eigenvalue weighted by atomic mass is 32.2. The van der Waals surface area contributed by atoms with Crippen LogP contribution in [0.3, 0.4) is 0 Å². The van der Waals surface area contributed by atoms with Gasteiger partial charge in [0.15, 0.2) is 9.84 Å². The van der Waals surface area contributed by atoms with E-state index in [0.29, 0.717) is 38.4 Å². The molecule has 4 rings (SSSR count). The van der Waals surface area contributed by atoms with Crippen molar-refractivity contribution in [3.05, 3.63) is 18.0 Å². The minimum atomic E-state index is -3.26. The van der Waals surface area contributed by atoms with Crippen LogP contribution in [0.25, 0.3) is 0 Å². The van der Waals surface area contributed by atoms with Crippen LogP contribution in [0.4, 0.5) is 0 Å². The fraction of sp³-hybridized carbons (Fsp3) is 0.750. The molecule has 3 aliphatic rings. The SMILES string of the molecule is Cn1cc(C(=O)N2CC3(C2)CS(=O)(=O)[C@@H](CN2CCOCC2)CO3)cn1. The number of carbonyl (C=O) groups excluding carboxylic acids is 1. The number of aryl methyl sites for hydroxylation is 1. The second-order valence-corrected chi connectivity index (χ2v) is 9.68. The van der Waals surface area contributed by atoms with Crippen molar-refractivity contribution in [2.45, 2.75) is 10.9 Å². The minimum Gasteiger partial charge on any atom is -0.379 e. The Morgan fingerprint density at radius 2 is 2.08 bits per heavy atom. The number of ether oxygens (including phenoxy) is 2. The first-order chi connectivity index (χ1) is 12.4. The third kappa shape index (κ3) is 3.38. The third-order valence-corrected chi connectivity index (χ3v) is 7.54. The van der Waals surface area contributed by atoms with Crippen molar-refractivity contribution >= 4 is 15.7 Å². The van der Waals surface area contributed by atoms with Crippen molar-refractivity contribution < 1.29 is 22.7 Å². The molecule has 0 saturated carbocycles. The number of rotatable bonds is 3. The quantitative estimate of drug-likeness (QED) is 0.643. The highest BCUT2D eigenvalue weighted by Crippen LogP contribution is 2.33. The zero-order valence-corrected chi connectivity index (χ0v) is 15.7. The number of hydrogen-bond donors (Lipinski definition) is 0. The molecule has 4 heterocycles. The summed E-state index contributed by atoms with van der Waals surface area (Å²) in [6.45, 7) is 4.09. The zero-order chi connectivity index (χ0) is 18.4. The predicted octanol–water partition coefficient (Wildman–Crippen LogP) is -1.24. The van der Waals surface area contributed by atoms with Crippen LogP contribution in [0, 0.1) is 0 Å². The highest BCUT2D eigenvalue weighted by molar-refractivity contribution is 7.92. The van der Waals surface area contributed by atoms with Crippen molar-refractivity contribution in [1.29, 1.82) is 0 Å². The predicted molar refractivity (Wildman–Crippen MR) is 92.6 cm³/mol. The molecule has 1 atom stereocenters.